The highest BCUT2D eigenvalue weighted by molar-refractivity contribution is 7.57. The molecular formula is C9H12O3P. The maximum absolute atomic E-state index is 11.5. The van der Waals surface area contributed by atoms with Crippen molar-refractivity contribution in [2.75, 3.05) is 14.2 Å². The van der Waals surface area contributed by atoms with Gasteiger partial charge in [-0.25, -0.2) is 0 Å². The lowest BCUT2D eigenvalue weighted by molar-refractivity contribution is 0.286. The first kappa shape index (κ1) is 11.0. The van der Waals surface area contributed by atoms with Gasteiger partial charge in [-0.15, -0.1) is 0 Å². The summed E-state index contributed by atoms with van der Waals surface area (Å²) >= 11 is 0. The molecule has 1 rings (SSSR count). The van der Waals surface area contributed by atoms with E-state index in [0.29, 0.717) is 0 Å². The van der Waals surface area contributed by atoms with Gasteiger partial charge in [0.25, 0.3) is 0 Å². The smallest absolute Gasteiger partial charge is 0.309 e. The van der Waals surface area contributed by atoms with Gasteiger partial charge in [0.1, 0.15) is 0 Å². The molecule has 71 valence electrons. The maximum atomic E-state index is 11.5. The highest BCUT2D eigenvalue weighted by Gasteiger charge is 2.19. The molecule has 5 radical (unpaired) electrons. The number of rotatable bonds is 4. The summed E-state index contributed by atoms with van der Waals surface area (Å²) in [6.07, 6.45) is 9.35. The molecular weight excluding hydrogens is 187 g/mol. The second-order valence-corrected chi connectivity index (χ2v) is 4.55. The number of allylic oxidation sites excluding steroid dienone is 1. The van der Waals surface area contributed by atoms with Crippen molar-refractivity contribution in [1.82, 2.24) is 0 Å². The van der Waals surface area contributed by atoms with E-state index in [1.807, 2.05) is 25.7 Å². The molecule has 0 saturated heterocycles. The summed E-state index contributed by atoms with van der Waals surface area (Å²) in [5, 5.41) is 0. The summed E-state index contributed by atoms with van der Waals surface area (Å²) < 4.78 is 21.0. The zero-order chi connectivity index (χ0) is 9.73. The van der Waals surface area contributed by atoms with E-state index < -0.39 is 7.60 Å². The Bertz CT molecular complexity index is 211. The maximum Gasteiger partial charge on any atom is 0.353 e. The minimum absolute atomic E-state index is 0.981. The van der Waals surface area contributed by atoms with Gasteiger partial charge in [0.2, 0.25) is 0 Å². The largest absolute Gasteiger partial charge is 0.353 e. The number of hydrogen-bond donors (Lipinski definition) is 0. The summed E-state index contributed by atoms with van der Waals surface area (Å²) in [6, 6.07) is 0. The molecule has 0 heterocycles. The molecule has 1 saturated carbocycles. The van der Waals surface area contributed by atoms with Gasteiger partial charge in [0.05, 0.1) is 0 Å². The van der Waals surface area contributed by atoms with Crippen molar-refractivity contribution < 1.29 is 13.6 Å². The lowest BCUT2D eigenvalue weighted by atomic mass is 10.1. The Morgan fingerprint density at radius 2 is 1.77 bits per heavy atom. The Kier molecular flexibility index (Phi) is 4.17. The molecule has 0 aromatic rings. The van der Waals surface area contributed by atoms with Crippen LogP contribution in [0.15, 0.2) is 11.9 Å². The minimum Gasteiger partial charge on any atom is -0.309 e. The minimum atomic E-state index is -3.00. The van der Waals surface area contributed by atoms with Crippen LogP contribution in [-0.2, 0) is 13.6 Å². The summed E-state index contributed by atoms with van der Waals surface area (Å²) in [5.74, 6) is 2.43. The van der Waals surface area contributed by atoms with Crippen LogP contribution in [0.25, 0.3) is 0 Å². The van der Waals surface area contributed by atoms with Crippen LogP contribution in [0, 0.1) is 31.6 Å². The molecule has 0 unspecified atom stereocenters. The molecule has 1 aliphatic carbocycles. The van der Waals surface area contributed by atoms with E-state index in [0.717, 1.165) is 5.92 Å². The van der Waals surface area contributed by atoms with Crippen molar-refractivity contribution in [2.45, 2.75) is 0 Å². The third-order valence-corrected chi connectivity index (χ3v) is 3.18. The summed E-state index contributed by atoms with van der Waals surface area (Å²) in [5.41, 5.74) is 0. The fourth-order valence-electron chi connectivity index (χ4n) is 0.874. The Hall–Kier alpha value is -0.110. The molecule has 0 N–H and O–H groups in total. The monoisotopic (exact) mass is 199 g/mol. The lowest BCUT2D eigenvalue weighted by Gasteiger charge is -2.08. The van der Waals surface area contributed by atoms with E-state index in [2.05, 4.69) is 0 Å². The third kappa shape index (κ3) is 3.26. The Morgan fingerprint density at radius 3 is 2.23 bits per heavy atom. The summed E-state index contributed by atoms with van der Waals surface area (Å²) in [7, 11) is -0.281. The molecule has 0 amide bonds. The highest BCUT2D eigenvalue weighted by Crippen LogP contribution is 2.48. The van der Waals surface area contributed by atoms with Crippen LogP contribution >= 0.6 is 7.60 Å². The highest BCUT2D eigenvalue weighted by atomic mass is 31.2. The molecule has 0 aromatic carbocycles. The molecule has 13 heavy (non-hydrogen) atoms. The second kappa shape index (κ2) is 4.94. The Morgan fingerprint density at radius 1 is 1.23 bits per heavy atom. The van der Waals surface area contributed by atoms with E-state index in [1.165, 1.54) is 20.0 Å². The van der Waals surface area contributed by atoms with Gasteiger partial charge in [0.15, 0.2) is 0 Å². The Labute approximate surface area is 79.7 Å². The first-order valence-corrected chi connectivity index (χ1v) is 5.43. The van der Waals surface area contributed by atoms with Crippen LogP contribution < -0.4 is 0 Å². The summed E-state index contributed by atoms with van der Waals surface area (Å²) in [6.45, 7) is 0. The molecule has 0 aliphatic heterocycles. The van der Waals surface area contributed by atoms with Crippen molar-refractivity contribution >= 4 is 7.60 Å². The normalized spacial score (nSPS) is 20.2. The van der Waals surface area contributed by atoms with Crippen LogP contribution in [-0.4, -0.2) is 14.2 Å². The van der Waals surface area contributed by atoms with Gasteiger partial charge >= 0.3 is 7.60 Å². The van der Waals surface area contributed by atoms with Gasteiger partial charge in [-0.05, 0) is 25.7 Å². The first-order chi connectivity index (χ1) is 6.20. The predicted octanol–water partition coefficient (Wildman–Crippen LogP) is 2.39. The van der Waals surface area contributed by atoms with E-state index in [-0.39, 0.29) is 0 Å². The van der Waals surface area contributed by atoms with Crippen molar-refractivity contribution in [3.05, 3.63) is 43.5 Å². The average Bonchev–Trinajstić information content (AvgIpc) is 2.67. The molecule has 0 spiro atoms. The molecule has 1 aliphatic rings. The van der Waals surface area contributed by atoms with Crippen LogP contribution in [0.4, 0.5) is 0 Å². The molecule has 3 nitrogen and oxygen atoms in total. The topological polar surface area (TPSA) is 35.5 Å². The van der Waals surface area contributed by atoms with Gasteiger partial charge < -0.3 is 9.05 Å². The molecule has 1 fully saturated rings. The fourth-order valence-corrected chi connectivity index (χ4v) is 1.62. The Balaban J connectivity index is 2.49. The lowest BCUT2D eigenvalue weighted by Crippen LogP contribution is -1.87. The van der Waals surface area contributed by atoms with E-state index in [9.17, 15) is 4.57 Å². The van der Waals surface area contributed by atoms with Crippen molar-refractivity contribution in [3.8, 4) is 0 Å². The van der Waals surface area contributed by atoms with Gasteiger partial charge in [0, 0.05) is 26.0 Å². The molecule has 0 aromatic heterocycles. The zero-order valence-corrected chi connectivity index (χ0v) is 8.53. The van der Waals surface area contributed by atoms with Crippen molar-refractivity contribution in [3.63, 3.8) is 0 Å². The number of hydrogen-bond acceptors (Lipinski definition) is 3. The van der Waals surface area contributed by atoms with Gasteiger partial charge in [-0.1, -0.05) is 6.08 Å². The molecule has 4 heteroatoms. The molecule has 0 atom stereocenters. The van der Waals surface area contributed by atoms with Crippen LogP contribution in [0.1, 0.15) is 0 Å². The summed E-state index contributed by atoms with van der Waals surface area (Å²) in [4.78, 5) is 0. The van der Waals surface area contributed by atoms with E-state index in [4.69, 9.17) is 9.05 Å². The van der Waals surface area contributed by atoms with Crippen LogP contribution in [0.5, 0.6) is 0 Å². The first-order valence-electron chi connectivity index (χ1n) is 3.82. The van der Waals surface area contributed by atoms with Crippen molar-refractivity contribution in [1.29, 1.82) is 0 Å². The third-order valence-electron chi connectivity index (χ3n) is 1.65. The second-order valence-electron chi connectivity index (χ2n) is 2.44. The predicted molar refractivity (Wildman–Crippen MR) is 51.2 cm³/mol. The van der Waals surface area contributed by atoms with Gasteiger partial charge in [-0.2, -0.15) is 0 Å². The standard InChI is InChI=1S/C9H12O3P/c1-11-13(10,12-2)8-7-9-5-3-4-6-9/h3-8H,1-2H3/b8-7+. The fraction of sp³-hybridized carbons (Fsp3) is 0.222. The van der Waals surface area contributed by atoms with Crippen LogP contribution in [0.2, 0.25) is 0 Å². The van der Waals surface area contributed by atoms with Gasteiger partial charge in [-0.3, -0.25) is 4.57 Å². The van der Waals surface area contributed by atoms with E-state index >= 15 is 0 Å². The average molecular weight is 199 g/mol. The quantitative estimate of drug-likeness (QED) is 0.652. The molecule has 0 bridgehead atoms. The van der Waals surface area contributed by atoms with Crippen LogP contribution in [0.3, 0.4) is 0 Å². The van der Waals surface area contributed by atoms with E-state index in [1.54, 1.807) is 6.08 Å². The zero-order valence-electron chi connectivity index (χ0n) is 7.64. The van der Waals surface area contributed by atoms with Crippen molar-refractivity contribution in [2.24, 2.45) is 0 Å². The SMILES string of the molecule is COP(=O)(/C=C/[C]1[CH][CH][CH][CH]1)OC.